The van der Waals surface area contributed by atoms with Gasteiger partial charge in [0, 0.05) is 22.7 Å². The number of fused-ring (bicyclic) bond motifs is 1. The lowest BCUT2D eigenvalue weighted by Gasteiger charge is -2.04. The van der Waals surface area contributed by atoms with Gasteiger partial charge in [0.05, 0.1) is 11.4 Å². The maximum absolute atomic E-state index is 5.76. The van der Waals surface area contributed by atoms with Gasteiger partial charge in [-0.2, -0.15) is 0 Å². The summed E-state index contributed by atoms with van der Waals surface area (Å²) in [6, 6.07) is 12.4. The average molecular weight is 330 g/mol. The second-order valence-corrected chi connectivity index (χ2v) is 5.80. The van der Waals surface area contributed by atoms with Crippen LogP contribution in [0.1, 0.15) is 11.3 Å². The summed E-state index contributed by atoms with van der Waals surface area (Å²) >= 11 is 3.47. The van der Waals surface area contributed by atoms with Crippen molar-refractivity contribution in [3.05, 3.63) is 58.3 Å². The molecular weight excluding hydrogens is 314 g/mol. The quantitative estimate of drug-likeness (QED) is 0.798. The highest BCUT2D eigenvalue weighted by Gasteiger charge is 2.13. The first-order valence-corrected chi connectivity index (χ1v) is 7.42. The first-order chi connectivity index (χ1) is 9.69. The molecule has 4 heteroatoms. The molecule has 0 aliphatic rings. The van der Waals surface area contributed by atoms with E-state index in [9.17, 15) is 0 Å². The molecule has 0 fully saturated rings. The monoisotopic (exact) mass is 329 g/mol. The molecule has 3 rings (SSSR count). The number of nitrogens with two attached hydrogens (primary N) is 1. The number of hydrogen-bond donors (Lipinski definition) is 1. The molecular formula is C16H16BrN3. The van der Waals surface area contributed by atoms with E-state index in [1.165, 1.54) is 11.3 Å². The third kappa shape index (κ3) is 2.37. The molecule has 0 aliphatic carbocycles. The molecule has 0 amide bonds. The van der Waals surface area contributed by atoms with Crippen molar-refractivity contribution >= 4 is 21.6 Å². The number of aromatic nitrogens is 2. The van der Waals surface area contributed by atoms with Gasteiger partial charge in [-0.3, -0.25) is 0 Å². The van der Waals surface area contributed by atoms with E-state index in [1.54, 1.807) is 0 Å². The summed E-state index contributed by atoms with van der Waals surface area (Å²) in [5.41, 5.74) is 11.3. The summed E-state index contributed by atoms with van der Waals surface area (Å²) in [7, 11) is 0. The van der Waals surface area contributed by atoms with Crippen LogP contribution in [-0.4, -0.2) is 15.9 Å². The highest BCUT2D eigenvalue weighted by molar-refractivity contribution is 9.10. The molecule has 2 heterocycles. The minimum absolute atomic E-state index is 0.616. The summed E-state index contributed by atoms with van der Waals surface area (Å²) in [6.07, 6.45) is 2.89. The molecule has 0 saturated carbocycles. The van der Waals surface area contributed by atoms with E-state index in [0.717, 1.165) is 27.8 Å². The highest BCUT2D eigenvalue weighted by atomic mass is 79.9. The van der Waals surface area contributed by atoms with E-state index in [0.29, 0.717) is 6.54 Å². The Labute approximate surface area is 126 Å². The lowest BCUT2D eigenvalue weighted by molar-refractivity contribution is 0.906. The molecule has 1 aromatic carbocycles. The maximum Gasteiger partial charge on any atom is 0.137 e. The fraction of sp³-hybridized carbons (Fsp3) is 0.188. The van der Waals surface area contributed by atoms with Crippen LogP contribution in [0.2, 0.25) is 0 Å². The van der Waals surface area contributed by atoms with Crippen molar-refractivity contribution in [2.75, 3.05) is 6.54 Å². The Morgan fingerprint density at radius 2 is 1.95 bits per heavy atom. The molecule has 0 spiro atoms. The Morgan fingerprint density at radius 3 is 2.65 bits per heavy atom. The number of benzene rings is 1. The predicted octanol–water partition coefficient (Wildman–Crippen LogP) is 3.57. The van der Waals surface area contributed by atoms with E-state index in [1.807, 2.05) is 12.1 Å². The standard InChI is InChI=1S/C16H16BrN3/c1-11-7-9-20-14(6-8-18)16(19-15(20)10-11)12-2-4-13(17)5-3-12/h2-5,7,9-10H,6,8,18H2,1H3. The fourth-order valence-electron chi connectivity index (χ4n) is 2.41. The largest absolute Gasteiger partial charge is 0.330 e. The molecule has 0 radical (unpaired) electrons. The van der Waals surface area contributed by atoms with Crippen LogP contribution < -0.4 is 5.73 Å². The van der Waals surface area contributed by atoms with E-state index < -0.39 is 0 Å². The molecule has 2 N–H and O–H groups in total. The molecule has 0 unspecified atom stereocenters. The van der Waals surface area contributed by atoms with Crippen molar-refractivity contribution in [3.8, 4) is 11.3 Å². The Morgan fingerprint density at radius 1 is 1.20 bits per heavy atom. The van der Waals surface area contributed by atoms with Crippen molar-refractivity contribution in [2.45, 2.75) is 13.3 Å². The fourth-order valence-corrected chi connectivity index (χ4v) is 2.68. The van der Waals surface area contributed by atoms with Crippen molar-refractivity contribution in [1.82, 2.24) is 9.38 Å². The van der Waals surface area contributed by atoms with Gasteiger partial charge in [-0.15, -0.1) is 0 Å². The van der Waals surface area contributed by atoms with Crippen LogP contribution in [0.25, 0.3) is 16.9 Å². The number of aryl methyl sites for hydroxylation is 1. The van der Waals surface area contributed by atoms with Crippen molar-refractivity contribution < 1.29 is 0 Å². The third-order valence-corrected chi connectivity index (χ3v) is 3.91. The van der Waals surface area contributed by atoms with Crippen LogP contribution in [0.4, 0.5) is 0 Å². The lowest BCUT2D eigenvalue weighted by Crippen LogP contribution is -2.06. The number of pyridine rings is 1. The zero-order valence-corrected chi connectivity index (χ0v) is 12.9. The predicted molar refractivity (Wildman–Crippen MR) is 85.8 cm³/mol. The maximum atomic E-state index is 5.76. The number of imidazole rings is 1. The number of halogens is 1. The van der Waals surface area contributed by atoms with Gasteiger partial charge in [0.15, 0.2) is 0 Å². The van der Waals surface area contributed by atoms with Gasteiger partial charge in [-0.05, 0) is 43.3 Å². The molecule has 20 heavy (non-hydrogen) atoms. The van der Waals surface area contributed by atoms with Crippen LogP contribution in [0.15, 0.2) is 47.1 Å². The Balaban J connectivity index is 2.22. The van der Waals surface area contributed by atoms with Crippen molar-refractivity contribution in [1.29, 1.82) is 0 Å². The van der Waals surface area contributed by atoms with Gasteiger partial charge < -0.3 is 10.1 Å². The molecule has 3 nitrogen and oxygen atoms in total. The summed E-state index contributed by atoms with van der Waals surface area (Å²) in [4.78, 5) is 4.78. The molecule has 0 bridgehead atoms. The number of rotatable bonds is 3. The highest BCUT2D eigenvalue weighted by Crippen LogP contribution is 2.26. The Kier molecular flexibility index (Phi) is 3.59. The van der Waals surface area contributed by atoms with Gasteiger partial charge >= 0.3 is 0 Å². The number of nitrogens with zero attached hydrogens (tertiary/aromatic N) is 2. The Hall–Kier alpha value is -1.65. The summed E-state index contributed by atoms with van der Waals surface area (Å²) < 4.78 is 3.21. The van der Waals surface area contributed by atoms with Gasteiger partial charge in [0.2, 0.25) is 0 Å². The summed E-state index contributed by atoms with van der Waals surface area (Å²) in [6.45, 7) is 2.70. The molecule has 102 valence electrons. The van der Waals surface area contributed by atoms with Crippen LogP contribution in [0.5, 0.6) is 0 Å². The zero-order chi connectivity index (χ0) is 14.1. The molecule has 0 aliphatic heterocycles. The molecule has 0 saturated heterocycles. The van der Waals surface area contributed by atoms with E-state index >= 15 is 0 Å². The van der Waals surface area contributed by atoms with Crippen LogP contribution >= 0.6 is 15.9 Å². The van der Waals surface area contributed by atoms with Gasteiger partial charge in [-0.25, -0.2) is 4.98 Å². The van der Waals surface area contributed by atoms with Crippen molar-refractivity contribution in [2.24, 2.45) is 5.73 Å². The molecule has 2 aromatic heterocycles. The van der Waals surface area contributed by atoms with Gasteiger partial charge in [0.25, 0.3) is 0 Å². The Bertz CT molecular complexity index is 744. The average Bonchev–Trinajstić information content (AvgIpc) is 2.78. The second kappa shape index (κ2) is 5.38. The summed E-state index contributed by atoms with van der Waals surface area (Å²) in [5, 5.41) is 0. The third-order valence-electron chi connectivity index (χ3n) is 3.38. The van der Waals surface area contributed by atoms with E-state index in [-0.39, 0.29) is 0 Å². The van der Waals surface area contributed by atoms with Crippen LogP contribution in [-0.2, 0) is 6.42 Å². The second-order valence-electron chi connectivity index (χ2n) is 4.88. The first-order valence-electron chi connectivity index (χ1n) is 6.62. The lowest BCUT2D eigenvalue weighted by atomic mass is 10.1. The minimum Gasteiger partial charge on any atom is -0.330 e. The minimum atomic E-state index is 0.616. The SMILES string of the molecule is Cc1ccn2c(CCN)c(-c3ccc(Br)cc3)nc2c1. The van der Waals surface area contributed by atoms with Crippen LogP contribution in [0.3, 0.4) is 0 Å². The molecule has 0 atom stereocenters. The van der Waals surface area contributed by atoms with Crippen LogP contribution in [0, 0.1) is 6.92 Å². The smallest absolute Gasteiger partial charge is 0.137 e. The zero-order valence-electron chi connectivity index (χ0n) is 11.3. The number of hydrogen-bond acceptors (Lipinski definition) is 2. The van der Waals surface area contributed by atoms with E-state index in [4.69, 9.17) is 10.7 Å². The topological polar surface area (TPSA) is 43.3 Å². The normalized spacial score (nSPS) is 11.2. The van der Waals surface area contributed by atoms with E-state index in [2.05, 4.69) is 57.7 Å². The first kappa shape index (κ1) is 13.3. The van der Waals surface area contributed by atoms with Gasteiger partial charge in [0.1, 0.15) is 5.65 Å². The van der Waals surface area contributed by atoms with Gasteiger partial charge in [-0.1, -0.05) is 28.1 Å². The van der Waals surface area contributed by atoms with Crippen molar-refractivity contribution in [3.63, 3.8) is 0 Å². The summed E-state index contributed by atoms with van der Waals surface area (Å²) in [5.74, 6) is 0. The molecule has 3 aromatic rings.